The third kappa shape index (κ3) is 2.88. The van der Waals surface area contributed by atoms with Gasteiger partial charge in [0.1, 0.15) is 5.82 Å². The summed E-state index contributed by atoms with van der Waals surface area (Å²) in [6.07, 6.45) is 0. The molecule has 0 N–H and O–H groups in total. The lowest BCUT2D eigenvalue weighted by molar-refractivity contribution is 0.751. The maximum absolute atomic E-state index is 12.6. The summed E-state index contributed by atoms with van der Waals surface area (Å²) in [6, 6.07) is 13.6. The van der Waals surface area contributed by atoms with Crippen LogP contribution in [0.4, 0.5) is 0 Å². The van der Waals surface area contributed by atoms with Gasteiger partial charge < -0.3 is 0 Å². The molecule has 0 unspecified atom stereocenters. The van der Waals surface area contributed by atoms with E-state index in [1.54, 1.807) is 11.7 Å². The fourth-order valence-electron chi connectivity index (χ4n) is 3.58. The molecular formula is C20H18N8OS. The first-order chi connectivity index (χ1) is 14.5. The van der Waals surface area contributed by atoms with Crippen molar-refractivity contribution >= 4 is 28.4 Å². The molecular weight excluding hydrogens is 400 g/mol. The number of para-hydroxylation sites is 1. The molecule has 0 fully saturated rings. The molecule has 0 amide bonds. The number of rotatable bonds is 4. The number of nitrogens with zero attached hydrogens (tertiary/aromatic N) is 8. The summed E-state index contributed by atoms with van der Waals surface area (Å²) in [5, 5.41) is 22.1. The van der Waals surface area contributed by atoms with Crippen LogP contribution in [0, 0.1) is 13.8 Å². The van der Waals surface area contributed by atoms with Gasteiger partial charge in [-0.25, -0.2) is 0 Å². The molecule has 2 aromatic carbocycles. The molecule has 0 saturated carbocycles. The molecule has 0 saturated heterocycles. The molecule has 0 aliphatic rings. The van der Waals surface area contributed by atoms with Gasteiger partial charge in [0.25, 0.3) is 5.56 Å². The topological polar surface area (TPSA) is 95.8 Å². The molecule has 10 heteroatoms. The van der Waals surface area contributed by atoms with Crippen LogP contribution in [0.1, 0.15) is 17.0 Å². The van der Waals surface area contributed by atoms with Crippen molar-refractivity contribution in [2.45, 2.75) is 24.8 Å². The van der Waals surface area contributed by atoms with Gasteiger partial charge in [-0.3, -0.25) is 13.8 Å². The second kappa shape index (κ2) is 7.06. The van der Waals surface area contributed by atoms with E-state index in [0.717, 1.165) is 22.6 Å². The van der Waals surface area contributed by atoms with Crippen molar-refractivity contribution < 1.29 is 0 Å². The minimum atomic E-state index is -0.0940. The van der Waals surface area contributed by atoms with Crippen LogP contribution >= 0.6 is 11.8 Å². The Bertz CT molecular complexity index is 1470. The summed E-state index contributed by atoms with van der Waals surface area (Å²) in [5.74, 6) is 1.72. The predicted molar refractivity (Wildman–Crippen MR) is 114 cm³/mol. The Morgan fingerprint density at radius 1 is 1.03 bits per heavy atom. The van der Waals surface area contributed by atoms with Crippen LogP contribution in [0.2, 0.25) is 0 Å². The number of benzene rings is 2. The van der Waals surface area contributed by atoms with Gasteiger partial charge in [-0.1, -0.05) is 41.6 Å². The second-order valence-electron chi connectivity index (χ2n) is 7.08. The van der Waals surface area contributed by atoms with Crippen LogP contribution in [-0.2, 0) is 12.8 Å². The number of thioether (sulfide) groups is 1. The SMILES string of the molecule is Cc1ccc(-n2nnnc2SCc2nnc3n(C)c(=O)c4ccccc4n23)c(C)c1. The average molecular weight is 418 g/mol. The van der Waals surface area contributed by atoms with Crippen LogP contribution in [0.15, 0.2) is 52.4 Å². The zero-order valence-corrected chi connectivity index (χ0v) is 17.5. The van der Waals surface area contributed by atoms with E-state index in [0.29, 0.717) is 22.1 Å². The van der Waals surface area contributed by atoms with Gasteiger partial charge in [-0.05, 0) is 48.0 Å². The van der Waals surface area contributed by atoms with E-state index in [2.05, 4.69) is 38.7 Å². The minimum absolute atomic E-state index is 0.0940. The highest BCUT2D eigenvalue weighted by Gasteiger charge is 2.17. The summed E-state index contributed by atoms with van der Waals surface area (Å²) in [5.41, 5.74) is 3.91. The fraction of sp³-hybridized carbons (Fsp3) is 0.200. The Kier molecular flexibility index (Phi) is 4.35. The summed E-state index contributed by atoms with van der Waals surface area (Å²) in [4.78, 5) is 12.6. The maximum atomic E-state index is 12.6. The van der Waals surface area contributed by atoms with Crippen molar-refractivity contribution in [1.29, 1.82) is 0 Å². The average Bonchev–Trinajstić information content (AvgIpc) is 3.37. The molecule has 9 nitrogen and oxygen atoms in total. The highest BCUT2D eigenvalue weighted by atomic mass is 32.2. The lowest BCUT2D eigenvalue weighted by Crippen LogP contribution is -2.20. The Hall–Kier alpha value is -3.53. The van der Waals surface area contributed by atoms with E-state index in [9.17, 15) is 4.79 Å². The smallest absolute Gasteiger partial charge is 0.262 e. The van der Waals surface area contributed by atoms with Gasteiger partial charge in [0.2, 0.25) is 10.9 Å². The number of hydrogen-bond acceptors (Lipinski definition) is 7. The van der Waals surface area contributed by atoms with Crippen LogP contribution in [0.3, 0.4) is 0 Å². The molecule has 3 aromatic heterocycles. The number of tetrazole rings is 1. The van der Waals surface area contributed by atoms with E-state index in [1.165, 1.54) is 21.9 Å². The van der Waals surface area contributed by atoms with Gasteiger partial charge >= 0.3 is 0 Å². The fourth-order valence-corrected chi connectivity index (χ4v) is 4.37. The first kappa shape index (κ1) is 18.5. The molecule has 150 valence electrons. The normalized spacial score (nSPS) is 11.6. The third-order valence-electron chi connectivity index (χ3n) is 5.04. The Labute approximate surface area is 175 Å². The highest BCUT2D eigenvalue weighted by molar-refractivity contribution is 7.98. The largest absolute Gasteiger partial charge is 0.279 e. The Balaban J connectivity index is 1.55. The van der Waals surface area contributed by atoms with Crippen LogP contribution in [-0.4, -0.2) is 39.4 Å². The highest BCUT2D eigenvalue weighted by Crippen LogP contribution is 2.25. The Morgan fingerprint density at radius 2 is 1.87 bits per heavy atom. The Morgan fingerprint density at radius 3 is 2.70 bits per heavy atom. The second-order valence-corrected chi connectivity index (χ2v) is 8.03. The van der Waals surface area contributed by atoms with Crippen LogP contribution < -0.4 is 5.56 Å². The molecule has 5 rings (SSSR count). The molecule has 5 aromatic rings. The molecule has 3 heterocycles. The monoisotopic (exact) mass is 418 g/mol. The van der Waals surface area contributed by atoms with Gasteiger partial charge in [0, 0.05) is 7.05 Å². The van der Waals surface area contributed by atoms with Gasteiger partial charge in [0.15, 0.2) is 0 Å². The van der Waals surface area contributed by atoms with Gasteiger partial charge in [-0.2, -0.15) is 4.68 Å². The van der Waals surface area contributed by atoms with Crippen molar-refractivity contribution in [2.24, 2.45) is 7.05 Å². The summed E-state index contributed by atoms with van der Waals surface area (Å²) >= 11 is 1.47. The van der Waals surface area contributed by atoms with E-state index in [4.69, 9.17) is 0 Å². The molecule has 30 heavy (non-hydrogen) atoms. The zero-order chi connectivity index (χ0) is 20.8. The lowest BCUT2D eigenvalue weighted by atomic mass is 10.1. The van der Waals surface area contributed by atoms with Crippen molar-refractivity contribution in [3.8, 4) is 5.69 Å². The number of hydrogen-bond donors (Lipinski definition) is 0. The van der Waals surface area contributed by atoms with Crippen molar-refractivity contribution in [1.82, 2.24) is 39.4 Å². The third-order valence-corrected chi connectivity index (χ3v) is 5.96. The quantitative estimate of drug-likeness (QED) is 0.414. The minimum Gasteiger partial charge on any atom is -0.279 e. The maximum Gasteiger partial charge on any atom is 0.262 e. The standard InChI is InChI=1S/C20H18N8OS/c1-12-8-9-15(13(2)10-12)28-20(23-24-25-28)30-11-17-21-22-19-26(3)18(29)14-6-4-5-7-16(14)27(17)19/h4-10H,11H2,1-3H3. The molecule has 0 spiro atoms. The van der Waals surface area contributed by atoms with Crippen molar-refractivity contribution in [3.05, 3.63) is 69.8 Å². The van der Waals surface area contributed by atoms with E-state index in [1.807, 2.05) is 47.7 Å². The van der Waals surface area contributed by atoms with Crippen LogP contribution in [0.5, 0.6) is 0 Å². The van der Waals surface area contributed by atoms with Gasteiger partial charge in [0.05, 0.1) is 22.3 Å². The van der Waals surface area contributed by atoms with Crippen molar-refractivity contribution in [3.63, 3.8) is 0 Å². The summed E-state index contributed by atoms with van der Waals surface area (Å²) < 4.78 is 5.16. The molecule has 0 aliphatic carbocycles. The molecule has 0 atom stereocenters. The number of aromatic nitrogens is 8. The number of aryl methyl sites for hydroxylation is 3. The molecule has 0 bridgehead atoms. The van der Waals surface area contributed by atoms with Crippen LogP contribution in [0.25, 0.3) is 22.4 Å². The number of fused-ring (bicyclic) bond motifs is 3. The lowest BCUT2D eigenvalue weighted by Gasteiger charge is -2.09. The molecule has 0 aliphatic heterocycles. The first-order valence-electron chi connectivity index (χ1n) is 9.35. The first-order valence-corrected chi connectivity index (χ1v) is 10.3. The van der Waals surface area contributed by atoms with Crippen molar-refractivity contribution in [2.75, 3.05) is 0 Å². The summed E-state index contributed by atoms with van der Waals surface area (Å²) in [7, 11) is 1.70. The van der Waals surface area contributed by atoms with Gasteiger partial charge in [-0.15, -0.1) is 15.3 Å². The van der Waals surface area contributed by atoms with E-state index >= 15 is 0 Å². The molecule has 0 radical (unpaired) electrons. The predicted octanol–water partition coefficient (Wildman–Crippen LogP) is 2.47. The zero-order valence-electron chi connectivity index (χ0n) is 16.6. The van der Waals surface area contributed by atoms with E-state index in [-0.39, 0.29) is 5.56 Å². The summed E-state index contributed by atoms with van der Waals surface area (Å²) in [6.45, 7) is 4.09. The van der Waals surface area contributed by atoms with E-state index < -0.39 is 0 Å².